The molecule has 0 spiro atoms. The third-order valence-corrected chi connectivity index (χ3v) is 4.20. The predicted octanol–water partition coefficient (Wildman–Crippen LogP) is 2.58. The van der Waals surface area contributed by atoms with E-state index in [1.54, 1.807) is 36.2 Å². The molecule has 5 nitrogen and oxygen atoms in total. The third-order valence-electron chi connectivity index (χ3n) is 3.67. The van der Waals surface area contributed by atoms with E-state index in [0.717, 1.165) is 4.47 Å². The molecule has 0 radical (unpaired) electrons. The second kappa shape index (κ2) is 7.99. The van der Waals surface area contributed by atoms with E-state index in [-0.39, 0.29) is 18.5 Å². The molecule has 0 saturated carbocycles. The highest BCUT2D eigenvalue weighted by Crippen LogP contribution is 2.21. The summed E-state index contributed by atoms with van der Waals surface area (Å²) in [6.45, 7) is 1.45. The molecular weight excluding hydrogens is 369 g/mol. The van der Waals surface area contributed by atoms with E-state index >= 15 is 0 Å². The van der Waals surface area contributed by atoms with Crippen LogP contribution < -0.4 is 0 Å². The smallest absolute Gasteiger partial charge is 0.323 e. The molecule has 1 saturated heterocycles. The van der Waals surface area contributed by atoms with Crippen LogP contribution >= 0.6 is 15.9 Å². The molecule has 1 aromatic rings. The topological polar surface area (TPSA) is 55.8 Å². The van der Waals surface area contributed by atoms with Gasteiger partial charge in [0.25, 0.3) is 0 Å². The Labute approximate surface area is 142 Å². The first-order chi connectivity index (χ1) is 10.9. The lowest BCUT2D eigenvalue weighted by Gasteiger charge is -2.17. The number of carbonyl (C=O) groups excluding carboxylic acids is 2. The minimum absolute atomic E-state index is 0.267. The van der Waals surface area contributed by atoms with Gasteiger partial charge in [-0.05, 0) is 26.1 Å². The van der Waals surface area contributed by atoms with Crippen LogP contribution in [-0.2, 0) is 14.3 Å². The number of likely N-dealkylation sites (N-methyl/N-ethyl adjacent to an activating group) is 1. The fourth-order valence-electron chi connectivity index (χ4n) is 2.54. The van der Waals surface area contributed by atoms with E-state index in [4.69, 9.17) is 9.47 Å². The number of ketones is 1. The molecular formula is C16H19BrFNO4. The number of esters is 1. The third kappa shape index (κ3) is 5.09. The van der Waals surface area contributed by atoms with Gasteiger partial charge in [-0.15, -0.1) is 0 Å². The first-order valence-electron chi connectivity index (χ1n) is 7.32. The summed E-state index contributed by atoms with van der Waals surface area (Å²) in [6, 6.07) is 6.30. The van der Waals surface area contributed by atoms with E-state index in [1.807, 2.05) is 0 Å². The molecule has 7 heteroatoms. The van der Waals surface area contributed by atoms with Gasteiger partial charge in [-0.2, -0.15) is 0 Å². The number of hydrogen-bond acceptors (Lipinski definition) is 5. The molecule has 1 unspecified atom stereocenters. The molecule has 0 aromatic heterocycles. The molecule has 0 bridgehead atoms. The number of alkyl halides is 1. The minimum Gasteiger partial charge on any atom is -0.456 e. The standard InChI is InChI=1S/C16H19BrFNO4/c1-10(18)23-13-7-14(19(2)8-13)16(21)22-9-15(20)11-3-5-12(17)6-4-11/h3-6,10,13-14H,7-9H2,1-2H3/t10?,13-,14-/m0/s1. The fourth-order valence-corrected chi connectivity index (χ4v) is 2.81. The number of nitrogens with zero attached hydrogens (tertiary/aromatic N) is 1. The van der Waals surface area contributed by atoms with Crippen molar-refractivity contribution < 1.29 is 23.5 Å². The maximum absolute atomic E-state index is 12.9. The molecule has 1 aromatic carbocycles. The number of rotatable bonds is 6. The largest absolute Gasteiger partial charge is 0.456 e. The molecule has 0 N–H and O–H groups in total. The van der Waals surface area contributed by atoms with Gasteiger partial charge in [-0.25, -0.2) is 4.39 Å². The Kier molecular flexibility index (Phi) is 6.26. The molecule has 126 valence electrons. The van der Waals surface area contributed by atoms with Crippen molar-refractivity contribution in [3.05, 3.63) is 34.3 Å². The number of likely N-dealkylation sites (tertiary alicyclic amines) is 1. The van der Waals surface area contributed by atoms with Crippen molar-refractivity contribution in [3.8, 4) is 0 Å². The highest BCUT2D eigenvalue weighted by molar-refractivity contribution is 9.10. The Hall–Kier alpha value is -1.31. The Balaban J connectivity index is 1.84. The van der Waals surface area contributed by atoms with E-state index < -0.39 is 18.4 Å². The van der Waals surface area contributed by atoms with Gasteiger partial charge in [0.1, 0.15) is 6.04 Å². The van der Waals surface area contributed by atoms with E-state index in [2.05, 4.69) is 15.9 Å². The summed E-state index contributed by atoms with van der Waals surface area (Å²) in [7, 11) is 1.74. The minimum atomic E-state index is -1.37. The van der Waals surface area contributed by atoms with Crippen LogP contribution in [0.25, 0.3) is 0 Å². The van der Waals surface area contributed by atoms with Crippen molar-refractivity contribution >= 4 is 27.7 Å². The molecule has 1 heterocycles. The average Bonchev–Trinajstić information content (AvgIpc) is 2.85. The van der Waals surface area contributed by atoms with Gasteiger partial charge in [0, 0.05) is 23.0 Å². The van der Waals surface area contributed by atoms with Crippen LogP contribution in [0.4, 0.5) is 4.39 Å². The summed E-state index contributed by atoms with van der Waals surface area (Å²) in [5, 5.41) is 0. The second-order valence-corrected chi connectivity index (χ2v) is 6.45. The Bertz CT molecular complexity index is 564. The van der Waals surface area contributed by atoms with Crippen LogP contribution in [0.15, 0.2) is 28.7 Å². The molecule has 0 aliphatic carbocycles. The van der Waals surface area contributed by atoms with Gasteiger partial charge in [-0.3, -0.25) is 14.5 Å². The van der Waals surface area contributed by atoms with Crippen molar-refractivity contribution in [2.24, 2.45) is 0 Å². The van der Waals surface area contributed by atoms with Crippen molar-refractivity contribution in [1.29, 1.82) is 0 Å². The normalized spacial score (nSPS) is 22.8. The van der Waals surface area contributed by atoms with E-state index in [0.29, 0.717) is 18.5 Å². The lowest BCUT2D eigenvalue weighted by atomic mass is 10.1. The predicted molar refractivity (Wildman–Crippen MR) is 85.9 cm³/mol. The van der Waals surface area contributed by atoms with E-state index in [9.17, 15) is 14.0 Å². The molecule has 3 atom stereocenters. The zero-order valence-electron chi connectivity index (χ0n) is 13.0. The monoisotopic (exact) mass is 387 g/mol. The van der Waals surface area contributed by atoms with Gasteiger partial charge < -0.3 is 9.47 Å². The van der Waals surface area contributed by atoms with Gasteiger partial charge in [-0.1, -0.05) is 28.1 Å². The summed E-state index contributed by atoms with van der Waals surface area (Å²) in [5.74, 6) is -0.757. The molecule has 1 fully saturated rings. The molecule has 1 aliphatic rings. The van der Waals surface area contributed by atoms with Crippen LogP contribution in [0.5, 0.6) is 0 Å². The number of benzene rings is 1. The van der Waals surface area contributed by atoms with Crippen molar-refractivity contribution in [2.75, 3.05) is 20.2 Å². The van der Waals surface area contributed by atoms with Gasteiger partial charge in [0.05, 0.1) is 6.10 Å². The molecule has 1 aliphatic heterocycles. The van der Waals surface area contributed by atoms with Crippen LogP contribution in [0, 0.1) is 0 Å². The van der Waals surface area contributed by atoms with Gasteiger partial charge in [0.15, 0.2) is 18.7 Å². The number of ether oxygens (including phenoxy) is 2. The average molecular weight is 388 g/mol. The van der Waals surface area contributed by atoms with Crippen molar-refractivity contribution in [3.63, 3.8) is 0 Å². The molecule has 23 heavy (non-hydrogen) atoms. The highest BCUT2D eigenvalue weighted by atomic mass is 79.9. The summed E-state index contributed by atoms with van der Waals surface area (Å²) in [4.78, 5) is 25.8. The Morgan fingerprint density at radius 1 is 1.39 bits per heavy atom. The Morgan fingerprint density at radius 3 is 2.65 bits per heavy atom. The second-order valence-electron chi connectivity index (χ2n) is 5.53. The van der Waals surface area contributed by atoms with Crippen LogP contribution in [0.2, 0.25) is 0 Å². The maximum atomic E-state index is 12.9. The van der Waals surface area contributed by atoms with Crippen molar-refractivity contribution in [2.45, 2.75) is 31.8 Å². The SMILES string of the molecule is CC(F)O[C@H]1C[C@@H](C(=O)OCC(=O)c2ccc(Br)cc2)N(C)C1. The lowest BCUT2D eigenvalue weighted by molar-refractivity contribution is -0.147. The lowest BCUT2D eigenvalue weighted by Crippen LogP contribution is -2.35. The van der Waals surface area contributed by atoms with Gasteiger partial charge in [0.2, 0.25) is 0 Å². The Morgan fingerprint density at radius 2 is 2.04 bits per heavy atom. The first kappa shape index (κ1) is 18.0. The summed E-state index contributed by atoms with van der Waals surface area (Å²) < 4.78 is 23.9. The quantitative estimate of drug-likeness (QED) is 0.554. The van der Waals surface area contributed by atoms with Crippen LogP contribution in [0.3, 0.4) is 0 Å². The van der Waals surface area contributed by atoms with Crippen molar-refractivity contribution in [1.82, 2.24) is 4.90 Å². The zero-order valence-corrected chi connectivity index (χ0v) is 14.6. The molecule has 0 amide bonds. The number of hydrogen-bond donors (Lipinski definition) is 0. The highest BCUT2D eigenvalue weighted by Gasteiger charge is 2.37. The fraction of sp³-hybridized carbons (Fsp3) is 0.500. The van der Waals surface area contributed by atoms with Crippen LogP contribution in [-0.4, -0.2) is 55.4 Å². The van der Waals surface area contributed by atoms with Gasteiger partial charge >= 0.3 is 5.97 Å². The molecule has 2 rings (SSSR count). The summed E-state index contributed by atoms with van der Waals surface area (Å²) in [5.41, 5.74) is 0.480. The number of carbonyl (C=O) groups is 2. The van der Waals surface area contributed by atoms with E-state index in [1.165, 1.54) is 6.92 Å². The maximum Gasteiger partial charge on any atom is 0.323 e. The zero-order chi connectivity index (χ0) is 17.0. The summed E-state index contributed by atoms with van der Waals surface area (Å²) in [6.07, 6.45) is -1.36. The van der Waals surface area contributed by atoms with Crippen LogP contribution in [0.1, 0.15) is 23.7 Å². The first-order valence-corrected chi connectivity index (χ1v) is 8.11. The number of halogens is 2. The summed E-state index contributed by atoms with van der Waals surface area (Å²) >= 11 is 3.29. The number of Topliss-reactive ketones (excluding diaryl/α,β-unsaturated/α-hetero) is 1.